The van der Waals surface area contributed by atoms with E-state index in [2.05, 4.69) is 32.1 Å². The molecule has 0 bridgehead atoms. The van der Waals surface area contributed by atoms with E-state index in [-0.39, 0.29) is 23.2 Å². The Hall–Kier alpha value is -1.94. The molecule has 144 valence electrons. The van der Waals surface area contributed by atoms with Crippen molar-refractivity contribution in [3.63, 3.8) is 0 Å². The van der Waals surface area contributed by atoms with E-state index in [0.29, 0.717) is 11.8 Å². The fraction of sp³-hybridized carbons (Fsp3) is 0.565. The van der Waals surface area contributed by atoms with E-state index in [9.17, 15) is 14.7 Å². The van der Waals surface area contributed by atoms with E-state index in [1.54, 1.807) is 0 Å². The lowest BCUT2D eigenvalue weighted by molar-refractivity contribution is -0.145. The molecule has 1 saturated carbocycles. The summed E-state index contributed by atoms with van der Waals surface area (Å²) in [5, 5.41) is 9.97. The van der Waals surface area contributed by atoms with Gasteiger partial charge in [-0.15, -0.1) is 0 Å². The molecule has 4 aliphatic carbocycles. The molecule has 0 aliphatic heterocycles. The summed E-state index contributed by atoms with van der Waals surface area (Å²) in [6.45, 7) is 5.63. The number of fused-ring (bicyclic) bond motifs is 5. The number of rotatable bonds is 3. The second kappa shape index (κ2) is 6.30. The van der Waals surface area contributed by atoms with E-state index in [4.69, 9.17) is 4.74 Å². The van der Waals surface area contributed by atoms with Crippen LogP contribution in [0.5, 0.6) is 0 Å². The fourth-order valence-corrected chi connectivity index (χ4v) is 5.90. The van der Waals surface area contributed by atoms with Crippen LogP contribution in [0.4, 0.5) is 0 Å². The van der Waals surface area contributed by atoms with Gasteiger partial charge < -0.3 is 9.84 Å². The van der Waals surface area contributed by atoms with Crippen LogP contribution in [-0.4, -0.2) is 29.6 Å². The van der Waals surface area contributed by atoms with Crippen LogP contribution in [-0.2, 0) is 14.3 Å². The maximum atomic E-state index is 12.7. The summed E-state index contributed by atoms with van der Waals surface area (Å²) in [5.41, 5.74) is 3.33. The highest BCUT2D eigenvalue weighted by atomic mass is 16.5. The van der Waals surface area contributed by atoms with E-state index >= 15 is 0 Å². The largest absolute Gasteiger partial charge is 0.457 e. The first-order valence-corrected chi connectivity index (χ1v) is 9.92. The van der Waals surface area contributed by atoms with Crippen molar-refractivity contribution in [1.29, 1.82) is 0 Å². The Kier molecular flexibility index (Phi) is 4.30. The number of aliphatic hydroxyl groups is 1. The van der Waals surface area contributed by atoms with Crippen molar-refractivity contribution in [2.45, 2.75) is 52.6 Å². The highest BCUT2D eigenvalue weighted by molar-refractivity contribution is 5.99. The topological polar surface area (TPSA) is 63.6 Å². The lowest BCUT2D eigenvalue weighted by Gasteiger charge is -2.52. The summed E-state index contributed by atoms with van der Waals surface area (Å²) in [7, 11) is 0. The zero-order valence-corrected chi connectivity index (χ0v) is 16.3. The molecular formula is C23H28O4. The standard InChI is InChI=1S/C23H28O4/c1-14(24)27-13-21(26)20-7-6-18-17-5-4-15-12-16(25)8-10-22(15,2)19(17)9-11-23(18,20)3/h7-10,12,16-18,25H,4-6,11,13H2,1-3H3/t16?,17?,18?,22-,23-/m0/s1. The molecule has 3 unspecified atom stereocenters. The zero-order valence-electron chi connectivity index (χ0n) is 16.3. The second-order valence-electron chi connectivity index (χ2n) is 8.83. The third-order valence-electron chi connectivity index (χ3n) is 7.34. The van der Waals surface area contributed by atoms with Crippen molar-refractivity contribution >= 4 is 11.8 Å². The third kappa shape index (κ3) is 2.77. The first kappa shape index (κ1) is 18.4. The highest BCUT2D eigenvalue weighted by Crippen LogP contribution is 2.62. The average Bonchev–Trinajstić information content (AvgIpc) is 2.97. The minimum atomic E-state index is -0.474. The molecule has 1 N–H and O–H groups in total. The molecule has 0 aromatic carbocycles. The highest BCUT2D eigenvalue weighted by Gasteiger charge is 2.54. The normalized spacial score (nSPS) is 39.4. The van der Waals surface area contributed by atoms with Gasteiger partial charge in [0.2, 0.25) is 0 Å². The number of ketones is 1. The van der Waals surface area contributed by atoms with Gasteiger partial charge in [0, 0.05) is 23.3 Å². The molecule has 5 atom stereocenters. The van der Waals surface area contributed by atoms with Crippen molar-refractivity contribution in [2.24, 2.45) is 22.7 Å². The Morgan fingerprint density at radius 3 is 2.81 bits per heavy atom. The van der Waals surface area contributed by atoms with Crippen LogP contribution in [0, 0.1) is 22.7 Å². The van der Waals surface area contributed by atoms with Crippen LogP contribution >= 0.6 is 0 Å². The molecule has 0 saturated heterocycles. The lowest BCUT2D eigenvalue weighted by atomic mass is 9.52. The van der Waals surface area contributed by atoms with Crippen LogP contribution in [0.3, 0.4) is 0 Å². The van der Waals surface area contributed by atoms with Gasteiger partial charge in [-0.2, -0.15) is 0 Å². The van der Waals surface area contributed by atoms with Crippen molar-refractivity contribution in [2.75, 3.05) is 6.61 Å². The number of Topliss-reactive ketones (excluding diaryl/α,β-unsaturated/α-hetero) is 1. The quantitative estimate of drug-likeness (QED) is 0.610. The first-order chi connectivity index (χ1) is 12.8. The maximum Gasteiger partial charge on any atom is 0.303 e. The van der Waals surface area contributed by atoms with Crippen LogP contribution in [0.25, 0.3) is 0 Å². The van der Waals surface area contributed by atoms with Gasteiger partial charge in [0.25, 0.3) is 0 Å². The number of allylic oxidation sites excluding steroid dienone is 5. The van der Waals surface area contributed by atoms with E-state index in [1.807, 2.05) is 12.2 Å². The number of ether oxygens (including phenoxy) is 1. The van der Waals surface area contributed by atoms with E-state index in [1.165, 1.54) is 18.1 Å². The number of hydrogen-bond donors (Lipinski definition) is 1. The summed E-state index contributed by atoms with van der Waals surface area (Å²) < 4.78 is 4.96. The Morgan fingerprint density at radius 1 is 1.30 bits per heavy atom. The number of esters is 1. The van der Waals surface area contributed by atoms with E-state index in [0.717, 1.165) is 31.3 Å². The van der Waals surface area contributed by atoms with Crippen molar-refractivity contribution in [3.05, 3.63) is 47.1 Å². The Bertz CT molecular complexity index is 814. The summed E-state index contributed by atoms with van der Waals surface area (Å²) in [6, 6.07) is 0. The summed E-state index contributed by atoms with van der Waals surface area (Å²) in [5.74, 6) is 0.379. The Balaban J connectivity index is 1.62. The molecule has 0 aromatic heterocycles. The van der Waals surface area contributed by atoms with Crippen LogP contribution in [0.15, 0.2) is 47.1 Å². The molecule has 4 rings (SSSR count). The minimum absolute atomic E-state index is 0.0599. The average molecular weight is 368 g/mol. The van der Waals surface area contributed by atoms with Crippen molar-refractivity contribution in [1.82, 2.24) is 0 Å². The lowest BCUT2D eigenvalue weighted by Crippen LogP contribution is -2.43. The smallest absolute Gasteiger partial charge is 0.303 e. The molecule has 0 amide bonds. The number of carbonyl (C=O) groups is 2. The number of carbonyl (C=O) groups excluding carboxylic acids is 2. The van der Waals surface area contributed by atoms with Crippen LogP contribution < -0.4 is 0 Å². The van der Waals surface area contributed by atoms with Gasteiger partial charge in [-0.3, -0.25) is 9.59 Å². The molecule has 0 heterocycles. The Labute approximate surface area is 160 Å². The molecule has 4 heteroatoms. The summed E-state index contributed by atoms with van der Waals surface area (Å²) >= 11 is 0. The fourth-order valence-electron chi connectivity index (χ4n) is 5.90. The predicted octanol–water partition coefficient (Wildman–Crippen LogP) is 3.67. The van der Waals surface area contributed by atoms with Crippen LogP contribution in [0.1, 0.15) is 46.5 Å². The molecular weight excluding hydrogens is 340 g/mol. The second-order valence-corrected chi connectivity index (χ2v) is 8.83. The van der Waals surface area contributed by atoms with Gasteiger partial charge >= 0.3 is 5.97 Å². The predicted molar refractivity (Wildman–Crippen MR) is 103 cm³/mol. The molecule has 4 nitrogen and oxygen atoms in total. The van der Waals surface area contributed by atoms with Gasteiger partial charge in [-0.25, -0.2) is 0 Å². The van der Waals surface area contributed by atoms with Gasteiger partial charge in [-0.05, 0) is 44.4 Å². The molecule has 27 heavy (non-hydrogen) atoms. The van der Waals surface area contributed by atoms with Gasteiger partial charge in [0.1, 0.15) is 0 Å². The molecule has 4 aliphatic rings. The molecule has 0 aromatic rings. The van der Waals surface area contributed by atoms with Gasteiger partial charge in [0.05, 0.1) is 6.10 Å². The Morgan fingerprint density at radius 2 is 2.07 bits per heavy atom. The minimum Gasteiger partial charge on any atom is -0.457 e. The maximum absolute atomic E-state index is 12.7. The zero-order chi connectivity index (χ0) is 19.4. The molecule has 0 spiro atoms. The molecule has 0 radical (unpaired) electrons. The van der Waals surface area contributed by atoms with Gasteiger partial charge in [0.15, 0.2) is 12.4 Å². The number of hydrogen-bond acceptors (Lipinski definition) is 4. The molecule has 1 fully saturated rings. The number of aliphatic hydroxyl groups excluding tert-OH is 1. The first-order valence-electron chi connectivity index (χ1n) is 9.92. The summed E-state index contributed by atoms with van der Waals surface area (Å²) in [6.07, 6.45) is 13.8. The van der Waals surface area contributed by atoms with E-state index < -0.39 is 12.1 Å². The monoisotopic (exact) mass is 368 g/mol. The van der Waals surface area contributed by atoms with Crippen molar-refractivity contribution < 1.29 is 19.4 Å². The van der Waals surface area contributed by atoms with Gasteiger partial charge in [-0.1, -0.05) is 48.5 Å². The van der Waals surface area contributed by atoms with Crippen molar-refractivity contribution in [3.8, 4) is 0 Å². The SMILES string of the molecule is CC(=O)OCC(=O)C1=CCC2C3CCC4=CC(O)C=C[C@]4(C)C3=CC[C@]12C. The third-order valence-corrected chi connectivity index (χ3v) is 7.34. The van der Waals surface area contributed by atoms with Crippen LogP contribution in [0.2, 0.25) is 0 Å². The summed E-state index contributed by atoms with van der Waals surface area (Å²) in [4.78, 5) is 23.8.